The molecule has 0 spiro atoms. The summed E-state index contributed by atoms with van der Waals surface area (Å²) in [4.78, 5) is 76.9. The molecule has 2 aromatic rings. The van der Waals surface area contributed by atoms with E-state index in [1.54, 1.807) is 30.3 Å². The van der Waals surface area contributed by atoms with E-state index in [1.807, 2.05) is 0 Å². The molecule has 0 aromatic heterocycles. The third-order valence-corrected chi connectivity index (χ3v) is 5.26. The van der Waals surface area contributed by atoms with Gasteiger partial charge in [0.25, 0.3) is 0 Å². The monoisotopic (exact) mass is 534 g/mol. The maximum atomic E-state index is 12.7. The average Bonchev–Trinajstić information content (AvgIpc) is 2.86. The molecule has 0 aliphatic carbocycles. The molecular formula is C23H27N4O9P. The summed E-state index contributed by atoms with van der Waals surface area (Å²) in [6.45, 7) is -0.878. The summed E-state index contributed by atoms with van der Waals surface area (Å²) < 4.78 is 4.75. The van der Waals surface area contributed by atoms with E-state index in [9.17, 15) is 29.1 Å². The lowest BCUT2D eigenvalue weighted by molar-refractivity contribution is -0.141. The van der Waals surface area contributed by atoms with Crippen molar-refractivity contribution >= 4 is 38.7 Å². The van der Waals surface area contributed by atoms with Crippen LogP contribution in [0.5, 0.6) is 5.75 Å². The SMILES string of the molecule is O=CNCC(=O)NC(Cc1ccccc1)C(=O)NCC(=O)NC(Cc1ccc(OP(O)O)cc1)C(=O)O. The lowest BCUT2D eigenvalue weighted by Gasteiger charge is -2.19. The van der Waals surface area contributed by atoms with Gasteiger partial charge < -0.3 is 40.7 Å². The van der Waals surface area contributed by atoms with Crippen LogP contribution >= 0.6 is 8.60 Å². The van der Waals surface area contributed by atoms with Crippen LogP contribution in [0.25, 0.3) is 0 Å². The lowest BCUT2D eigenvalue weighted by atomic mass is 10.0. The number of aliphatic carboxylic acids is 1. The van der Waals surface area contributed by atoms with Crippen LogP contribution in [0.4, 0.5) is 0 Å². The Morgan fingerprint density at radius 3 is 2.00 bits per heavy atom. The standard InChI is InChI=1S/C23H27N4O9P/c28-14-24-12-20(29)26-18(10-15-4-2-1-3-5-15)22(31)25-13-21(30)27-19(23(32)33)11-16-6-8-17(9-7-16)36-37(34)35/h1-9,14,18-19,34-35H,10-13H2,(H,24,28)(H,25,31)(H,26,29)(H,27,30)(H,32,33). The highest BCUT2D eigenvalue weighted by Crippen LogP contribution is 2.28. The quantitative estimate of drug-likeness (QED) is 0.110. The third kappa shape index (κ3) is 11.0. The predicted octanol–water partition coefficient (Wildman–Crippen LogP) is -1.02. The van der Waals surface area contributed by atoms with Crippen LogP contribution < -0.4 is 25.8 Å². The normalized spacial score (nSPS) is 12.1. The summed E-state index contributed by atoms with van der Waals surface area (Å²) in [6, 6.07) is 12.3. The third-order valence-electron chi connectivity index (χ3n) is 4.89. The highest BCUT2D eigenvalue weighted by Gasteiger charge is 2.24. The van der Waals surface area contributed by atoms with Crippen molar-refractivity contribution in [3.05, 3.63) is 65.7 Å². The molecule has 37 heavy (non-hydrogen) atoms. The minimum atomic E-state index is -2.59. The van der Waals surface area contributed by atoms with Crippen LogP contribution in [0.3, 0.4) is 0 Å². The van der Waals surface area contributed by atoms with Gasteiger partial charge in [-0.2, -0.15) is 0 Å². The Labute approximate surface area is 213 Å². The van der Waals surface area contributed by atoms with E-state index in [4.69, 9.17) is 14.3 Å². The molecule has 0 heterocycles. The molecule has 0 bridgehead atoms. The second kappa shape index (κ2) is 15.1. The van der Waals surface area contributed by atoms with Gasteiger partial charge in [-0.15, -0.1) is 0 Å². The average molecular weight is 534 g/mol. The summed E-state index contributed by atoms with van der Waals surface area (Å²) in [7, 11) is -2.59. The summed E-state index contributed by atoms with van der Waals surface area (Å²) in [5.41, 5.74) is 1.27. The molecule has 4 amide bonds. The number of nitrogens with one attached hydrogen (secondary N) is 4. The number of amides is 4. The first kappa shape index (κ1) is 29.2. The van der Waals surface area contributed by atoms with Gasteiger partial charge in [-0.25, -0.2) is 4.79 Å². The van der Waals surface area contributed by atoms with Gasteiger partial charge in [0, 0.05) is 12.8 Å². The van der Waals surface area contributed by atoms with Crippen LogP contribution in [0.15, 0.2) is 54.6 Å². The van der Waals surface area contributed by atoms with Crippen molar-refractivity contribution in [3.63, 3.8) is 0 Å². The van der Waals surface area contributed by atoms with E-state index in [1.165, 1.54) is 24.3 Å². The highest BCUT2D eigenvalue weighted by atomic mass is 31.2. The van der Waals surface area contributed by atoms with Gasteiger partial charge in [0.2, 0.25) is 24.1 Å². The summed E-state index contributed by atoms with van der Waals surface area (Å²) in [5.74, 6) is -3.17. The van der Waals surface area contributed by atoms with Crippen molar-refractivity contribution in [1.82, 2.24) is 21.3 Å². The number of rotatable bonds is 15. The molecular weight excluding hydrogens is 507 g/mol. The number of carbonyl (C=O) groups is 5. The van der Waals surface area contributed by atoms with E-state index in [-0.39, 0.29) is 25.1 Å². The first-order valence-corrected chi connectivity index (χ1v) is 12.1. The summed E-state index contributed by atoms with van der Waals surface area (Å²) in [5, 5.41) is 18.9. The number of hydrogen-bond donors (Lipinski definition) is 7. The molecule has 0 fully saturated rings. The Hall–Kier alpha value is -4.06. The van der Waals surface area contributed by atoms with Crippen molar-refractivity contribution in [3.8, 4) is 5.75 Å². The molecule has 2 atom stereocenters. The Bertz CT molecular complexity index is 1070. The number of carbonyl (C=O) groups excluding carboxylic acids is 4. The van der Waals surface area contributed by atoms with Crippen LogP contribution in [0.1, 0.15) is 11.1 Å². The highest BCUT2D eigenvalue weighted by molar-refractivity contribution is 7.39. The smallest absolute Gasteiger partial charge is 0.391 e. The van der Waals surface area contributed by atoms with Gasteiger partial charge in [-0.05, 0) is 23.3 Å². The van der Waals surface area contributed by atoms with Gasteiger partial charge in [0.1, 0.15) is 17.8 Å². The fourth-order valence-corrected chi connectivity index (χ4v) is 3.50. The molecule has 2 aromatic carbocycles. The van der Waals surface area contributed by atoms with Gasteiger partial charge in [-0.3, -0.25) is 19.2 Å². The van der Waals surface area contributed by atoms with Crippen LogP contribution in [-0.4, -0.2) is 70.2 Å². The number of hydrogen-bond acceptors (Lipinski definition) is 8. The molecule has 0 aliphatic heterocycles. The number of carboxylic acid groups (broad SMARTS) is 1. The van der Waals surface area contributed by atoms with Gasteiger partial charge in [-0.1, -0.05) is 42.5 Å². The Balaban J connectivity index is 1.95. The minimum Gasteiger partial charge on any atom is -0.480 e. The molecule has 7 N–H and O–H groups in total. The van der Waals surface area contributed by atoms with E-state index in [2.05, 4.69) is 21.3 Å². The molecule has 0 saturated carbocycles. The molecule has 0 radical (unpaired) electrons. The molecule has 198 valence electrons. The van der Waals surface area contributed by atoms with E-state index < -0.39 is 50.9 Å². The van der Waals surface area contributed by atoms with Crippen LogP contribution in [-0.2, 0) is 36.8 Å². The lowest BCUT2D eigenvalue weighted by Crippen LogP contribution is -2.52. The zero-order valence-electron chi connectivity index (χ0n) is 19.5. The second-order valence-electron chi connectivity index (χ2n) is 7.68. The molecule has 13 nitrogen and oxygen atoms in total. The molecule has 0 aliphatic rings. The zero-order chi connectivity index (χ0) is 27.2. The van der Waals surface area contributed by atoms with Crippen LogP contribution in [0, 0.1) is 0 Å². The minimum absolute atomic E-state index is 0.0846. The van der Waals surface area contributed by atoms with Gasteiger partial charge >= 0.3 is 14.6 Å². The van der Waals surface area contributed by atoms with E-state index in [0.29, 0.717) is 12.0 Å². The number of benzene rings is 2. The maximum absolute atomic E-state index is 12.7. The Morgan fingerprint density at radius 1 is 0.838 bits per heavy atom. The number of carboxylic acids is 1. The van der Waals surface area contributed by atoms with Gasteiger partial charge in [0.05, 0.1) is 13.1 Å². The van der Waals surface area contributed by atoms with Crippen molar-refractivity contribution in [2.45, 2.75) is 24.9 Å². The fourth-order valence-electron chi connectivity index (χ4n) is 3.19. The molecule has 2 rings (SSSR count). The maximum Gasteiger partial charge on any atom is 0.391 e. The summed E-state index contributed by atoms with van der Waals surface area (Å²) >= 11 is 0. The van der Waals surface area contributed by atoms with Gasteiger partial charge in [0.15, 0.2) is 0 Å². The summed E-state index contributed by atoms with van der Waals surface area (Å²) in [6.07, 6.45) is 0.378. The van der Waals surface area contributed by atoms with Crippen molar-refractivity contribution in [2.24, 2.45) is 0 Å². The van der Waals surface area contributed by atoms with E-state index in [0.717, 1.165) is 5.56 Å². The molecule has 2 unspecified atom stereocenters. The Morgan fingerprint density at radius 2 is 1.41 bits per heavy atom. The Kier molecular flexibility index (Phi) is 11.9. The van der Waals surface area contributed by atoms with Crippen molar-refractivity contribution in [2.75, 3.05) is 13.1 Å². The fraction of sp³-hybridized carbons (Fsp3) is 0.261. The topological polar surface area (TPSA) is 203 Å². The van der Waals surface area contributed by atoms with Crippen molar-refractivity contribution < 1.29 is 43.4 Å². The zero-order valence-corrected chi connectivity index (χ0v) is 20.4. The second-order valence-corrected chi connectivity index (χ2v) is 8.36. The molecule has 0 saturated heterocycles. The first-order valence-electron chi connectivity index (χ1n) is 10.9. The van der Waals surface area contributed by atoms with Crippen LogP contribution in [0.2, 0.25) is 0 Å². The van der Waals surface area contributed by atoms with E-state index >= 15 is 0 Å². The first-order chi connectivity index (χ1) is 17.7. The predicted molar refractivity (Wildman–Crippen MR) is 131 cm³/mol. The molecule has 14 heteroatoms. The van der Waals surface area contributed by atoms with Crippen molar-refractivity contribution in [1.29, 1.82) is 0 Å². The largest absolute Gasteiger partial charge is 0.480 e.